The molecule has 3 nitrogen and oxygen atoms in total. The van der Waals surface area contributed by atoms with Crippen LogP contribution in [0.4, 0.5) is 0 Å². The van der Waals surface area contributed by atoms with Gasteiger partial charge in [0.05, 0.1) is 7.11 Å². The number of nitrogens with one attached hydrogen (secondary N) is 1. The van der Waals surface area contributed by atoms with E-state index < -0.39 is 0 Å². The molecule has 2 atom stereocenters. The van der Waals surface area contributed by atoms with Crippen molar-refractivity contribution in [1.29, 1.82) is 0 Å². The van der Waals surface area contributed by atoms with Gasteiger partial charge in [-0.2, -0.15) is 11.8 Å². The van der Waals surface area contributed by atoms with E-state index in [9.17, 15) is 4.79 Å². The van der Waals surface area contributed by atoms with E-state index in [-0.39, 0.29) is 12.0 Å². The van der Waals surface area contributed by atoms with Crippen molar-refractivity contribution in [3.8, 4) is 0 Å². The van der Waals surface area contributed by atoms with Gasteiger partial charge in [-0.05, 0) is 19.1 Å². The normalized spacial score (nSPS) is 25.3. The van der Waals surface area contributed by atoms with Crippen LogP contribution in [0.15, 0.2) is 0 Å². The zero-order valence-electron chi connectivity index (χ0n) is 7.50. The van der Waals surface area contributed by atoms with E-state index in [1.165, 1.54) is 12.9 Å². The lowest BCUT2D eigenvalue weighted by molar-refractivity contribution is -0.142. The van der Waals surface area contributed by atoms with E-state index in [2.05, 4.69) is 10.1 Å². The van der Waals surface area contributed by atoms with Gasteiger partial charge < -0.3 is 10.1 Å². The van der Waals surface area contributed by atoms with Crippen molar-refractivity contribution in [2.24, 2.45) is 0 Å². The third-order valence-corrected chi connectivity index (χ3v) is 3.13. The Hall–Kier alpha value is -0.220. The minimum absolute atomic E-state index is 0.168. The monoisotopic (exact) mass is 189 g/mol. The van der Waals surface area contributed by atoms with Crippen molar-refractivity contribution < 1.29 is 9.53 Å². The van der Waals surface area contributed by atoms with Crippen LogP contribution in [0.25, 0.3) is 0 Å². The Labute approximate surface area is 77.2 Å². The zero-order valence-corrected chi connectivity index (χ0v) is 8.32. The summed E-state index contributed by atoms with van der Waals surface area (Å²) in [5.74, 6) is 2.14. The Morgan fingerprint density at radius 3 is 3.00 bits per heavy atom. The molecule has 1 fully saturated rings. The van der Waals surface area contributed by atoms with Gasteiger partial charge in [0.2, 0.25) is 0 Å². The summed E-state index contributed by atoms with van der Waals surface area (Å²) in [4.78, 5) is 11.0. The van der Waals surface area contributed by atoms with E-state index in [1.54, 1.807) is 0 Å². The number of hydrogen-bond acceptors (Lipinski definition) is 4. The molecular weight excluding hydrogens is 174 g/mol. The molecule has 1 aliphatic rings. The van der Waals surface area contributed by atoms with Gasteiger partial charge in [-0.1, -0.05) is 0 Å². The summed E-state index contributed by atoms with van der Waals surface area (Å²) in [6, 6.07) is 0.322. The zero-order chi connectivity index (χ0) is 8.97. The molecule has 0 aliphatic carbocycles. The van der Waals surface area contributed by atoms with Crippen LogP contribution in [0.1, 0.15) is 13.3 Å². The van der Waals surface area contributed by atoms with Crippen molar-refractivity contribution in [1.82, 2.24) is 5.32 Å². The van der Waals surface area contributed by atoms with Crippen LogP contribution >= 0.6 is 11.8 Å². The third-order valence-electron chi connectivity index (χ3n) is 1.97. The number of esters is 1. The van der Waals surface area contributed by atoms with E-state index in [4.69, 9.17) is 0 Å². The predicted molar refractivity (Wildman–Crippen MR) is 50.3 cm³/mol. The van der Waals surface area contributed by atoms with Gasteiger partial charge in [0.1, 0.15) is 6.04 Å². The standard InChI is InChI=1S/C8H15NO2S/c1-6(8(10)11-2)9-7-3-4-12-5-7/h6-7,9H,3-5H2,1-2H3. The number of thioether (sulfide) groups is 1. The molecule has 0 spiro atoms. The van der Waals surface area contributed by atoms with Gasteiger partial charge >= 0.3 is 5.97 Å². The highest BCUT2D eigenvalue weighted by atomic mass is 32.2. The highest BCUT2D eigenvalue weighted by molar-refractivity contribution is 7.99. The van der Waals surface area contributed by atoms with E-state index in [0.717, 1.165) is 12.2 Å². The Bertz CT molecular complexity index is 157. The first kappa shape index (κ1) is 9.86. The Morgan fingerprint density at radius 2 is 2.50 bits per heavy atom. The van der Waals surface area contributed by atoms with Crippen molar-refractivity contribution in [2.45, 2.75) is 25.4 Å². The maximum Gasteiger partial charge on any atom is 0.322 e. The van der Waals surface area contributed by atoms with Crippen LogP contribution in [0, 0.1) is 0 Å². The minimum atomic E-state index is -0.174. The fourth-order valence-electron chi connectivity index (χ4n) is 1.26. The number of methoxy groups -OCH3 is 1. The molecule has 1 heterocycles. The van der Waals surface area contributed by atoms with Crippen LogP contribution in [0.5, 0.6) is 0 Å². The summed E-state index contributed by atoms with van der Waals surface area (Å²) in [6.45, 7) is 1.84. The molecule has 0 radical (unpaired) electrons. The molecule has 0 amide bonds. The molecule has 1 saturated heterocycles. The molecule has 1 aliphatic heterocycles. The average molecular weight is 189 g/mol. The molecule has 0 aromatic rings. The SMILES string of the molecule is COC(=O)C(C)NC1CCSC1. The number of carbonyl (C=O) groups is 1. The van der Waals surface area contributed by atoms with Crippen molar-refractivity contribution in [3.05, 3.63) is 0 Å². The molecule has 0 saturated carbocycles. The summed E-state index contributed by atoms with van der Waals surface area (Å²) >= 11 is 1.93. The first-order chi connectivity index (χ1) is 5.74. The number of carbonyl (C=O) groups excluding carboxylic acids is 1. The Balaban J connectivity index is 2.24. The topological polar surface area (TPSA) is 38.3 Å². The number of rotatable bonds is 3. The van der Waals surface area contributed by atoms with Crippen LogP contribution < -0.4 is 5.32 Å². The van der Waals surface area contributed by atoms with E-state index in [1.807, 2.05) is 18.7 Å². The molecule has 1 rings (SSSR count). The molecule has 0 aromatic carbocycles. The van der Waals surface area contributed by atoms with Crippen LogP contribution in [0.2, 0.25) is 0 Å². The van der Waals surface area contributed by atoms with Gasteiger partial charge in [-0.15, -0.1) is 0 Å². The van der Waals surface area contributed by atoms with Gasteiger partial charge in [-0.3, -0.25) is 4.79 Å². The largest absolute Gasteiger partial charge is 0.468 e. The second-order valence-corrected chi connectivity index (χ2v) is 4.12. The minimum Gasteiger partial charge on any atom is -0.468 e. The first-order valence-electron chi connectivity index (χ1n) is 4.15. The van der Waals surface area contributed by atoms with Crippen molar-refractivity contribution >= 4 is 17.7 Å². The fourth-order valence-corrected chi connectivity index (χ4v) is 2.43. The number of ether oxygens (including phenoxy) is 1. The molecule has 12 heavy (non-hydrogen) atoms. The molecule has 2 unspecified atom stereocenters. The summed E-state index contributed by atoms with van der Waals surface area (Å²) in [5, 5.41) is 3.23. The molecular formula is C8H15NO2S. The smallest absolute Gasteiger partial charge is 0.322 e. The maximum absolute atomic E-state index is 11.0. The summed E-state index contributed by atoms with van der Waals surface area (Å²) in [6.07, 6.45) is 1.16. The van der Waals surface area contributed by atoms with Gasteiger partial charge in [0, 0.05) is 11.8 Å². The molecule has 4 heteroatoms. The van der Waals surface area contributed by atoms with E-state index >= 15 is 0 Å². The molecule has 0 aromatic heterocycles. The quantitative estimate of drug-likeness (QED) is 0.661. The second-order valence-electron chi connectivity index (χ2n) is 2.97. The van der Waals surface area contributed by atoms with Crippen LogP contribution in [-0.4, -0.2) is 36.7 Å². The van der Waals surface area contributed by atoms with E-state index in [0.29, 0.717) is 6.04 Å². The predicted octanol–water partition coefficient (Wildman–Crippen LogP) is 0.643. The Morgan fingerprint density at radius 1 is 1.75 bits per heavy atom. The lowest BCUT2D eigenvalue weighted by atomic mass is 10.2. The maximum atomic E-state index is 11.0. The number of hydrogen-bond donors (Lipinski definition) is 1. The Kier molecular flexibility index (Phi) is 3.88. The van der Waals surface area contributed by atoms with Gasteiger partial charge in [0.25, 0.3) is 0 Å². The van der Waals surface area contributed by atoms with Crippen molar-refractivity contribution in [3.63, 3.8) is 0 Å². The molecule has 70 valence electrons. The summed E-state index contributed by atoms with van der Waals surface area (Å²) in [5.41, 5.74) is 0. The van der Waals surface area contributed by atoms with Crippen molar-refractivity contribution in [2.75, 3.05) is 18.6 Å². The van der Waals surface area contributed by atoms with Gasteiger partial charge in [0.15, 0.2) is 0 Å². The lowest BCUT2D eigenvalue weighted by Crippen LogP contribution is -2.41. The average Bonchev–Trinajstić information content (AvgIpc) is 2.55. The van der Waals surface area contributed by atoms with Crippen LogP contribution in [-0.2, 0) is 9.53 Å². The third kappa shape index (κ3) is 2.68. The summed E-state index contributed by atoms with van der Waals surface area (Å²) in [7, 11) is 1.42. The lowest BCUT2D eigenvalue weighted by Gasteiger charge is -2.16. The second kappa shape index (κ2) is 4.72. The van der Waals surface area contributed by atoms with Crippen LogP contribution in [0.3, 0.4) is 0 Å². The van der Waals surface area contributed by atoms with Gasteiger partial charge in [-0.25, -0.2) is 0 Å². The molecule has 1 N–H and O–H groups in total. The summed E-state index contributed by atoms with van der Waals surface area (Å²) < 4.78 is 4.61. The highest BCUT2D eigenvalue weighted by Gasteiger charge is 2.20. The first-order valence-corrected chi connectivity index (χ1v) is 5.31. The fraction of sp³-hybridized carbons (Fsp3) is 0.875. The molecule has 0 bridgehead atoms. The highest BCUT2D eigenvalue weighted by Crippen LogP contribution is 2.17.